The van der Waals surface area contributed by atoms with Crippen molar-refractivity contribution in [3.63, 3.8) is 0 Å². The molecule has 7 rings (SSSR count). The second-order valence-electron chi connectivity index (χ2n) is 10.7. The lowest BCUT2D eigenvalue weighted by atomic mass is 10.0. The van der Waals surface area contributed by atoms with Crippen LogP contribution in [0.4, 0.5) is 15.8 Å². The van der Waals surface area contributed by atoms with Gasteiger partial charge in [-0.1, -0.05) is 60.7 Å². The number of fused-ring (bicyclic) bond motifs is 4. The van der Waals surface area contributed by atoms with Crippen LogP contribution in [0.15, 0.2) is 103 Å². The van der Waals surface area contributed by atoms with Gasteiger partial charge >= 0.3 is 0 Å². The van der Waals surface area contributed by atoms with Gasteiger partial charge in [-0.2, -0.15) is 0 Å². The summed E-state index contributed by atoms with van der Waals surface area (Å²) in [6.45, 7) is 2.30. The number of anilines is 2. The van der Waals surface area contributed by atoms with Crippen LogP contribution >= 0.6 is 11.3 Å². The summed E-state index contributed by atoms with van der Waals surface area (Å²) in [5.41, 5.74) is 7.74. The van der Waals surface area contributed by atoms with Gasteiger partial charge in [0, 0.05) is 45.2 Å². The third kappa shape index (κ3) is 4.91. The zero-order chi connectivity index (χ0) is 29.5. The molecule has 7 heteroatoms. The number of aromatic amines is 1. The number of carbonyl (C=O) groups is 2. The summed E-state index contributed by atoms with van der Waals surface area (Å²) in [6, 6.07) is 30.6. The Balaban J connectivity index is 1.13. The van der Waals surface area contributed by atoms with Crippen LogP contribution in [0.25, 0.3) is 32.5 Å². The molecule has 0 saturated carbocycles. The molecule has 0 radical (unpaired) electrons. The first kappa shape index (κ1) is 26.9. The fraction of sp³-hybridized carbons (Fsp3) is 0.111. The molecule has 0 unspecified atom stereocenters. The normalized spacial score (nSPS) is 12.5. The summed E-state index contributed by atoms with van der Waals surface area (Å²) in [4.78, 5) is 33.8. The van der Waals surface area contributed by atoms with E-state index in [-0.39, 0.29) is 24.1 Å². The molecular formula is C36H28FN3O2S. The smallest absolute Gasteiger partial charge is 0.258 e. The zero-order valence-corrected chi connectivity index (χ0v) is 24.3. The first-order chi connectivity index (χ1) is 21.0. The number of aromatic nitrogens is 1. The SMILES string of the molecule is Cc1cccc(F)c1NCC(=O)c1cc2c(s1)-c1ccccc1N(C(=O)c1ccc(-c3c[nH]c4ccccc34)cc1)CC2. The number of thiophene rings is 1. The minimum atomic E-state index is -0.374. The number of para-hydroxylation sites is 3. The monoisotopic (exact) mass is 585 g/mol. The third-order valence-electron chi connectivity index (χ3n) is 8.05. The van der Waals surface area contributed by atoms with Gasteiger partial charge in [-0.25, -0.2) is 4.39 Å². The Labute approximate surface area is 252 Å². The lowest BCUT2D eigenvalue weighted by Gasteiger charge is -2.23. The van der Waals surface area contributed by atoms with E-state index < -0.39 is 0 Å². The number of benzene rings is 4. The van der Waals surface area contributed by atoms with E-state index in [0.29, 0.717) is 29.1 Å². The first-order valence-electron chi connectivity index (χ1n) is 14.2. The van der Waals surface area contributed by atoms with Crippen LogP contribution in [0.3, 0.4) is 0 Å². The summed E-state index contributed by atoms with van der Waals surface area (Å²) in [5, 5.41) is 4.12. The number of amides is 1. The number of H-pyrrole nitrogens is 1. The highest BCUT2D eigenvalue weighted by Crippen LogP contribution is 2.42. The quantitative estimate of drug-likeness (QED) is 0.193. The van der Waals surface area contributed by atoms with Gasteiger partial charge in [0.2, 0.25) is 0 Å². The number of hydrogen-bond acceptors (Lipinski definition) is 4. The van der Waals surface area contributed by atoms with E-state index in [1.54, 1.807) is 6.07 Å². The van der Waals surface area contributed by atoms with Crippen LogP contribution in [0, 0.1) is 12.7 Å². The molecule has 0 saturated heterocycles. The highest BCUT2D eigenvalue weighted by Gasteiger charge is 2.27. The average Bonchev–Trinajstić information content (AvgIpc) is 3.62. The second kappa shape index (κ2) is 11.0. The Kier molecular flexibility index (Phi) is 6.87. The minimum absolute atomic E-state index is 0.00195. The predicted molar refractivity (Wildman–Crippen MR) is 173 cm³/mol. The number of hydrogen-bond donors (Lipinski definition) is 2. The van der Waals surface area contributed by atoms with Gasteiger partial charge in [0.15, 0.2) is 5.78 Å². The van der Waals surface area contributed by atoms with E-state index in [9.17, 15) is 14.0 Å². The molecule has 2 N–H and O–H groups in total. The van der Waals surface area contributed by atoms with E-state index in [1.165, 1.54) is 17.4 Å². The fourth-order valence-corrected chi connectivity index (χ4v) is 7.00. The molecule has 6 aromatic rings. The summed E-state index contributed by atoms with van der Waals surface area (Å²) in [7, 11) is 0. The molecule has 0 atom stereocenters. The molecule has 0 fully saturated rings. The zero-order valence-electron chi connectivity index (χ0n) is 23.5. The van der Waals surface area contributed by atoms with Crippen LogP contribution < -0.4 is 10.2 Å². The van der Waals surface area contributed by atoms with Crippen LogP contribution in [0.1, 0.15) is 31.2 Å². The molecule has 212 valence electrons. The van der Waals surface area contributed by atoms with Crippen LogP contribution in [0.5, 0.6) is 0 Å². The Morgan fingerprint density at radius 2 is 1.72 bits per heavy atom. The Morgan fingerprint density at radius 1 is 0.930 bits per heavy atom. The maximum absolute atomic E-state index is 14.3. The lowest BCUT2D eigenvalue weighted by Crippen LogP contribution is -2.32. The van der Waals surface area contributed by atoms with Gasteiger partial charge in [-0.05, 0) is 66.4 Å². The van der Waals surface area contributed by atoms with E-state index in [1.807, 2.05) is 90.8 Å². The maximum Gasteiger partial charge on any atom is 0.258 e. The number of nitrogens with one attached hydrogen (secondary N) is 2. The van der Waals surface area contributed by atoms with Crippen LogP contribution in [0.2, 0.25) is 0 Å². The van der Waals surface area contributed by atoms with Crippen molar-refractivity contribution in [3.8, 4) is 21.6 Å². The summed E-state index contributed by atoms with van der Waals surface area (Å²) in [6.07, 6.45) is 2.62. The molecule has 5 nitrogen and oxygen atoms in total. The summed E-state index contributed by atoms with van der Waals surface area (Å²) in [5.74, 6) is -0.531. The molecule has 1 amide bonds. The standard InChI is InChI=1S/C36H28FN3O2S/c1-22-7-6-10-29(37)34(22)39-21-32(41)33-19-25-17-18-40(31-12-5-3-9-27(31)35(25)43-33)36(42)24-15-13-23(14-16-24)28-20-38-30-11-4-2-8-26(28)30/h2-16,19-20,38-39H,17-18,21H2,1H3. The van der Waals surface area contributed by atoms with Crippen molar-refractivity contribution in [2.45, 2.75) is 13.3 Å². The van der Waals surface area contributed by atoms with Crippen molar-refractivity contribution in [3.05, 3.63) is 131 Å². The van der Waals surface area contributed by atoms with Crippen molar-refractivity contribution in [2.75, 3.05) is 23.3 Å². The fourth-order valence-electron chi connectivity index (χ4n) is 5.81. The van der Waals surface area contributed by atoms with Gasteiger partial charge in [0.25, 0.3) is 5.91 Å². The maximum atomic E-state index is 14.3. The first-order valence-corrected chi connectivity index (χ1v) is 15.0. The van der Waals surface area contributed by atoms with E-state index in [2.05, 4.69) is 22.4 Å². The molecule has 2 aromatic heterocycles. The minimum Gasteiger partial charge on any atom is -0.375 e. The number of nitrogens with zero attached hydrogens (tertiary/aromatic N) is 1. The lowest BCUT2D eigenvalue weighted by molar-refractivity contribution is 0.0984. The third-order valence-corrected chi connectivity index (χ3v) is 9.30. The topological polar surface area (TPSA) is 65.2 Å². The number of Topliss-reactive ketones (excluding diaryl/α,β-unsaturated/α-hetero) is 1. The number of rotatable bonds is 6. The van der Waals surface area contributed by atoms with Crippen LogP contribution in [-0.4, -0.2) is 29.8 Å². The average molecular weight is 586 g/mol. The molecule has 0 aliphatic carbocycles. The molecule has 3 heterocycles. The Morgan fingerprint density at radius 3 is 2.56 bits per heavy atom. The number of ketones is 1. The van der Waals surface area contributed by atoms with Gasteiger partial charge in [-0.15, -0.1) is 11.3 Å². The Bertz CT molecular complexity index is 1990. The van der Waals surface area contributed by atoms with Gasteiger partial charge in [0.05, 0.1) is 22.8 Å². The van der Waals surface area contributed by atoms with Gasteiger partial charge < -0.3 is 15.2 Å². The number of aryl methyl sites for hydroxylation is 1. The van der Waals surface area contributed by atoms with Crippen molar-refractivity contribution in [1.82, 2.24) is 4.98 Å². The van der Waals surface area contributed by atoms with Crippen molar-refractivity contribution < 1.29 is 14.0 Å². The molecule has 4 aromatic carbocycles. The second-order valence-corrected chi connectivity index (χ2v) is 11.8. The molecule has 43 heavy (non-hydrogen) atoms. The highest BCUT2D eigenvalue weighted by atomic mass is 32.1. The Hall–Kier alpha value is -5.01. The van der Waals surface area contributed by atoms with Crippen LogP contribution in [-0.2, 0) is 6.42 Å². The largest absolute Gasteiger partial charge is 0.375 e. The summed E-state index contributed by atoms with van der Waals surface area (Å²) >= 11 is 1.43. The molecule has 0 spiro atoms. The van der Waals surface area contributed by atoms with Gasteiger partial charge in [0.1, 0.15) is 5.82 Å². The molecule has 1 aliphatic rings. The van der Waals surface area contributed by atoms with E-state index >= 15 is 0 Å². The van der Waals surface area contributed by atoms with Crippen molar-refractivity contribution in [2.24, 2.45) is 0 Å². The molecule has 1 aliphatic heterocycles. The number of carbonyl (C=O) groups excluding carboxylic acids is 2. The highest BCUT2D eigenvalue weighted by molar-refractivity contribution is 7.17. The van der Waals surface area contributed by atoms with Crippen molar-refractivity contribution in [1.29, 1.82) is 0 Å². The van der Waals surface area contributed by atoms with Crippen molar-refractivity contribution >= 4 is 45.3 Å². The molecule has 0 bridgehead atoms. The van der Waals surface area contributed by atoms with Gasteiger partial charge in [-0.3, -0.25) is 9.59 Å². The number of halogens is 1. The summed E-state index contributed by atoms with van der Waals surface area (Å²) < 4.78 is 14.3. The van der Waals surface area contributed by atoms with E-state index in [0.717, 1.165) is 49.3 Å². The van der Waals surface area contributed by atoms with E-state index in [4.69, 9.17) is 0 Å². The predicted octanol–water partition coefficient (Wildman–Crippen LogP) is 8.51. The molecular weight excluding hydrogens is 557 g/mol.